The molecule has 0 radical (unpaired) electrons. The molecule has 154 valence electrons. The number of carbonyl (C=O) groups excluding carboxylic acids is 3. The summed E-state index contributed by atoms with van der Waals surface area (Å²) in [7, 11) is 2.89. The van der Waals surface area contributed by atoms with Crippen molar-refractivity contribution in [1.82, 2.24) is 5.32 Å². The van der Waals surface area contributed by atoms with Gasteiger partial charge in [-0.1, -0.05) is 17.7 Å². The van der Waals surface area contributed by atoms with Gasteiger partial charge in [0.25, 0.3) is 5.91 Å². The van der Waals surface area contributed by atoms with Gasteiger partial charge in [-0.15, -0.1) is 0 Å². The normalized spacial score (nSPS) is 10.1. The van der Waals surface area contributed by atoms with Crippen molar-refractivity contribution in [2.75, 3.05) is 32.7 Å². The molecule has 2 rings (SSSR count). The molecule has 0 aliphatic rings. The quantitative estimate of drug-likeness (QED) is 0.636. The fourth-order valence-electron chi connectivity index (χ4n) is 2.39. The number of halogens is 1. The van der Waals surface area contributed by atoms with Gasteiger partial charge in [-0.2, -0.15) is 0 Å². The van der Waals surface area contributed by atoms with Gasteiger partial charge in [-0.3, -0.25) is 9.59 Å². The maximum atomic E-state index is 12.1. The van der Waals surface area contributed by atoms with Gasteiger partial charge in [0, 0.05) is 5.02 Å². The van der Waals surface area contributed by atoms with Crippen molar-refractivity contribution < 1.29 is 28.6 Å². The van der Waals surface area contributed by atoms with Gasteiger partial charge in [0.1, 0.15) is 17.1 Å². The first-order chi connectivity index (χ1) is 13.8. The molecule has 0 aliphatic heterocycles. The van der Waals surface area contributed by atoms with E-state index >= 15 is 0 Å². The summed E-state index contributed by atoms with van der Waals surface area (Å²) < 4.78 is 15.2. The highest BCUT2D eigenvalue weighted by molar-refractivity contribution is 6.31. The standard InChI is InChI=1S/C20H21ClN2O6/c1-12-4-6-17(28-3)15(8-12)23-18(24)10-22-19(25)11-29-20(26)14-9-13(21)5-7-16(14)27-2/h4-9H,10-11H2,1-3H3,(H,22,25)(H,23,24). The van der Waals surface area contributed by atoms with Crippen LogP contribution in [0.25, 0.3) is 0 Å². The first kappa shape index (κ1) is 22.0. The smallest absolute Gasteiger partial charge is 0.342 e. The van der Waals surface area contributed by atoms with Crippen LogP contribution in [-0.4, -0.2) is 45.2 Å². The summed E-state index contributed by atoms with van der Waals surface area (Å²) in [6.45, 7) is 1.02. The topological polar surface area (TPSA) is 103 Å². The Kier molecular flexibility index (Phi) is 7.85. The Bertz CT molecular complexity index is 916. The number of aryl methyl sites for hydroxylation is 1. The van der Waals surface area contributed by atoms with E-state index in [9.17, 15) is 14.4 Å². The van der Waals surface area contributed by atoms with Crippen LogP contribution < -0.4 is 20.1 Å². The molecule has 0 saturated heterocycles. The molecule has 29 heavy (non-hydrogen) atoms. The summed E-state index contributed by atoms with van der Waals surface area (Å²) in [5.41, 5.74) is 1.52. The van der Waals surface area contributed by atoms with Crippen LogP contribution in [0.1, 0.15) is 15.9 Å². The molecule has 0 aromatic heterocycles. The molecule has 9 heteroatoms. The lowest BCUT2D eigenvalue weighted by atomic mass is 10.2. The third-order valence-electron chi connectivity index (χ3n) is 3.79. The highest BCUT2D eigenvalue weighted by Gasteiger charge is 2.16. The molecule has 2 N–H and O–H groups in total. The summed E-state index contributed by atoms with van der Waals surface area (Å²) in [4.78, 5) is 36.1. The predicted molar refractivity (Wildman–Crippen MR) is 108 cm³/mol. The van der Waals surface area contributed by atoms with Crippen molar-refractivity contribution >= 4 is 35.1 Å². The number of amides is 2. The number of anilines is 1. The van der Waals surface area contributed by atoms with Crippen LogP contribution in [0.5, 0.6) is 11.5 Å². The summed E-state index contributed by atoms with van der Waals surface area (Å²) in [5, 5.41) is 5.35. The minimum atomic E-state index is -0.770. The highest BCUT2D eigenvalue weighted by atomic mass is 35.5. The van der Waals surface area contributed by atoms with Crippen molar-refractivity contribution in [3.8, 4) is 11.5 Å². The number of nitrogens with one attached hydrogen (secondary N) is 2. The van der Waals surface area contributed by atoms with Crippen molar-refractivity contribution in [3.05, 3.63) is 52.5 Å². The Labute approximate surface area is 173 Å². The van der Waals surface area contributed by atoms with Crippen LogP contribution in [0.3, 0.4) is 0 Å². The number of rotatable bonds is 8. The van der Waals surface area contributed by atoms with Gasteiger partial charge in [0.15, 0.2) is 6.61 Å². The van der Waals surface area contributed by atoms with Gasteiger partial charge < -0.3 is 24.8 Å². The van der Waals surface area contributed by atoms with Crippen LogP contribution in [0.15, 0.2) is 36.4 Å². The van der Waals surface area contributed by atoms with Crippen LogP contribution in [-0.2, 0) is 14.3 Å². The lowest BCUT2D eigenvalue weighted by molar-refractivity contribution is -0.126. The van der Waals surface area contributed by atoms with Crippen molar-refractivity contribution in [1.29, 1.82) is 0 Å². The Morgan fingerprint density at radius 1 is 0.966 bits per heavy atom. The largest absolute Gasteiger partial charge is 0.496 e. The predicted octanol–water partition coefficient (Wildman–Crippen LogP) is 2.58. The average Bonchev–Trinajstić information content (AvgIpc) is 2.70. The van der Waals surface area contributed by atoms with Crippen LogP contribution in [0.4, 0.5) is 5.69 Å². The molecule has 0 unspecified atom stereocenters. The van der Waals surface area contributed by atoms with Gasteiger partial charge in [0.2, 0.25) is 5.91 Å². The second-order valence-electron chi connectivity index (χ2n) is 5.95. The second-order valence-corrected chi connectivity index (χ2v) is 6.39. The molecule has 0 atom stereocenters. The maximum absolute atomic E-state index is 12.1. The summed E-state index contributed by atoms with van der Waals surface area (Å²) >= 11 is 5.87. The van der Waals surface area contributed by atoms with E-state index in [2.05, 4.69) is 10.6 Å². The van der Waals surface area contributed by atoms with Gasteiger partial charge >= 0.3 is 5.97 Å². The van der Waals surface area contributed by atoms with Crippen molar-refractivity contribution in [3.63, 3.8) is 0 Å². The zero-order valence-corrected chi connectivity index (χ0v) is 17.0. The fraction of sp³-hybridized carbons (Fsp3) is 0.250. The number of carbonyl (C=O) groups is 3. The number of hydrogen-bond donors (Lipinski definition) is 2. The van der Waals surface area contributed by atoms with Crippen LogP contribution in [0.2, 0.25) is 5.02 Å². The van der Waals surface area contributed by atoms with E-state index in [4.69, 9.17) is 25.8 Å². The number of benzene rings is 2. The lowest BCUT2D eigenvalue weighted by Crippen LogP contribution is -2.35. The van der Waals surface area contributed by atoms with E-state index in [0.717, 1.165) is 5.56 Å². The molecule has 2 amide bonds. The van der Waals surface area contributed by atoms with Crippen molar-refractivity contribution in [2.45, 2.75) is 6.92 Å². The maximum Gasteiger partial charge on any atom is 0.342 e. The van der Waals surface area contributed by atoms with Gasteiger partial charge in [-0.25, -0.2) is 4.79 Å². The second kappa shape index (κ2) is 10.3. The zero-order chi connectivity index (χ0) is 21.4. The van der Waals surface area contributed by atoms with Crippen molar-refractivity contribution in [2.24, 2.45) is 0 Å². The third kappa shape index (κ3) is 6.39. The van der Waals surface area contributed by atoms with Gasteiger partial charge in [-0.05, 0) is 42.8 Å². The Morgan fingerprint density at radius 2 is 1.66 bits per heavy atom. The third-order valence-corrected chi connectivity index (χ3v) is 4.03. The van der Waals surface area contributed by atoms with E-state index in [-0.39, 0.29) is 17.9 Å². The Hall–Kier alpha value is -3.26. The molecule has 8 nitrogen and oxygen atoms in total. The first-order valence-corrected chi connectivity index (χ1v) is 8.93. The number of methoxy groups -OCH3 is 2. The molecule has 0 fully saturated rings. The van der Waals surface area contributed by atoms with Crippen LogP contribution >= 0.6 is 11.6 Å². The minimum Gasteiger partial charge on any atom is -0.496 e. The van der Waals surface area contributed by atoms with Crippen LogP contribution in [0, 0.1) is 6.92 Å². The average molecular weight is 421 g/mol. The molecule has 0 heterocycles. The first-order valence-electron chi connectivity index (χ1n) is 8.56. The van der Waals surface area contributed by atoms with Gasteiger partial charge in [0.05, 0.1) is 26.5 Å². The Morgan fingerprint density at radius 3 is 2.34 bits per heavy atom. The Balaban J connectivity index is 1.84. The number of hydrogen-bond acceptors (Lipinski definition) is 6. The molecule has 0 aliphatic carbocycles. The van der Waals surface area contributed by atoms with E-state index in [1.165, 1.54) is 26.4 Å². The van der Waals surface area contributed by atoms with E-state index in [0.29, 0.717) is 16.5 Å². The highest BCUT2D eigenvalue weighted by Crippen LogP contribution is 2.25. The number of esters is 1. The lowest BCUT2D eigenvalue weighted by Gasteiger charge is -2.12. The molecular formula is C20H21ClN2O6. The van der Waals surface area contributed by atoms with E-state index in [1.807, 2.05) is 13.0 Å². The number of ether oxygens (including phenoxy) is 3. The molecule has 2 aromatic carbocycles. The van der Waals surface area contributed by atoms with E-state index < -0.39 is 24.4 Å². The molecule has 0 saturated carbocycles. The fourth-order valence-corrected chi connectivity index (χ4v) is 2.56. The zero-order valence-electron chi connectivity index (χ0n) is 16.2. The summed E-state index contributed by atoms with van der Waals surface area (Å²) in [6.07, 6.45) is 0. The minimum absolute atomic E-state index is 0.0945. The summed E-state index contributed by atoms with van der Waals surface area (Å²) in [6, 6.07) is 9.78. The monoisotopic (exact) mass is 420 g/mol. The molecule has 0 bridgehead atoms. The SMILES string of the molecule is COc1ccc(C)cc1NC(=O)CNC(=O)COC(=O)c1cc(Cl)ccc1OC. The summed E-state index contributed by atoms with van der Waals surface area (Å²) in [5.74, 6) is -1.09. The molecule has 0 spiro atoms. The van der Waals surface area contributed by atoms with E-state index in [1.54, 1.807) is 18.2 Å². The molecular weight excluding hydrogens is 400 g/mol. The molecule has 2 aromatic rings.